The van der Waals surface area contributed by atoms with Gasteiger partial charge in [0, 0.05) is 36.0 Å². The average Bonchev–Trinajstić information content (AvgIpc) is 2.94. The van der Waals surface area contributed by atoms with E-state index >= 15 is 0 Å². The summed E-state index contributed by atoms with van der Waals surface area (Å²) in [6, 6.07) is -0.0951. The van der Waals surface area contributed by atoms with Gasteiger partial charge in [-0.1, -0.05) is 19.4 Å². The number of anilines is 1. The predicted octanol–water partition coefficient (Wildman–Crippen LogP) is 1.81. The molecule has 2 heterocycles. The first kappa shape index (κ1) is 15.6. The molecule has 0 saturated heterocycles. The molecule has 6 nitrogen and oxygen atoms in total. The predicted molar refractivity (Wildman–Crippen MR) is 87.0 cm³/mol. The molecule has 0 spiro atoms. The van der Waals surface area contributed by atoms with Crippen LogP contribution in [0.15, 0.2) is 6.58 Å². The van der Waals surface area contributed by atoms with E-state index in [4.69, 9.17) is 11.1 Å². The quantitative estimate of drug-likeness (QED) is 0.636. The molecule has 1 aromatic rings. The summed E-state index contributed by atoms with van der Waals surface area (Å²) in [6.45, 7) is 3.84. The number of aromatic nitrogens is 1. The van der Waals surface area contributed by atoms with Gasteiger partial charge in [-0.05, 0) is 12.8 Å². The molecule has 0 bridgehead atoms. The lowest BCUT2D eigenvalue weighted by Crippen LogP contribution is -2.43. The van der Waals surface area contributed by atoms with Crippen LogP contribution in [0.2, 0.25) is 0 Å². The second kappa shape index (κ2) is 6.08. The molecular weight excluding hydrogens is 297 g/mol. The number of nitrogens with two attached hydrogens (primary N) is 1. The fourth-order valence-electron chi connectivity index (χ4n) is 3.19. The van der Waals surface area contributed by atoms with Crippen molar-refractivity contribution in [2.75, 3.05) is 5.32 Å². The maximum absolute atomic E-state index is 14.7. The maximum atomic E-state index is 14.7. The highest BCUT2D eigenvalue weighted by Crippen LogP contribution is 2.30. The molecule has 0 unspecified atom stereocenters. The molecule has 1 saturated carbocycles. The van der Waals surface area contributed by atoms with Crippen LogP contribution in [-0.4, -0.2) is 29.2 Å². The van der Waals surface area contributed by atoms with Crippen molar-refractivity contribution in [2.24, 2.45) is 5.73 Å². The summed E-state index contributed by atoms with van der Waals surface area (Å²) in [4.78, 5) is 16.2. The molecule has 0 aromatic carbocycles. The van der Waals surface area contributed by atoms with E-state index in [-0.39, 0.29) is 52.7 Å². The first-order valence-electron chi connectivity index (χ1n) is 7.75. The van der Waals surface area contributed by atoms with Gasteiger partial charge in [-0.15, -0.1) is 0 Å². The fourth-order valence-corrected chi connectivity index (χ4v) is 3.19. The zero-order valence-corrected chi connectivity index (χ0v) is 12.8. The highest BCUT2D eigenvalue weighted by molar-refractivity contribution is 6.12. The minimum atomic E-state index is -0.530. The molecule has 1 aliphatic carbocycles. The van der Waals surface area contributed by atoms with Crippen LogP contribution in [0.3, 0.4) is 0 Å². The molecule has 1 amide bonds. The zero-order valence-electron chi connectivity index (χ0n) is 12.8. The maximum Gasteiger partial charge on any atom is 0.254 e. The Labute approximate surface area is 133 Å². The smallest absolute Gasteiger partial charge is 0.254 e. The number of rotatable bonds is 4. The first-order chi connectivity index (χ1) is 11.0. The summed E-state index contributed by atoms with van der Waals surface area (Å²) < 4.78 is 14.7. The van der Waals surface area contributed by atoms with Gasteiger partial charge < -0.3 is 21.8 Å². The Morgan fingerprint density at radius 1 is 1.48 bits per heavy atom. The van der Waals surface area contributed by atoms with Crippen molar-refractivity contribution < 1.29 is 9.18 Å². The highest BCUT2D eigenvalue weighted by Gasteiger charge is 2.31. The van der Waals surface area contributed by atoms with Gasteiger partial charge >= 0.3 is 0 Å². The number of carbonyl (C=O) groups is 1. The third-order valence-corrected chi connectivity index (χ3v) is 4.51. The Bertz CT molecular complexity index is 688. The molecule has 1 fully saturated rings. The van der Waals surface area contributed by atoms with Crippen molar-refractivity contribution in [2.45, 2.75) is 44.3 Å². The normalized spacial score (nSPS) is 23.1. The number of allylic oxidation sites excluding steroid dienone is 1. The molecular formula is C16H20FN5O. The molecule has 2 aliphatic rings. The number of halogens is 1. The van der Waals surface area contributed by atoms with Gasteiger partial charge in [0.2, 0.25) is 0 Å². The van der Waals surface area contributed by atoms with Crippen LogP contribution in [0.4, 0.5) is 10.2 Å². The molecule has 0 radical (unpaired) electrons. The number of pyridine rings is 1. The number of hydrogen-bond donors (Lipinski definition) is 4. The van der Waals surface area contributed by atoms with Crippen LogP contribution in [0.25, 0.3) is 5.57 Å². The van der Waals surface area contributed by atoms with Gasteiger partial charge in [-0.25, -0.2) is 9.37 Å². The Morgan fingerprint density at radius 3 is 2.91 bits per heavy atom. The fraction of sp³-hybridized carbons (Fsp3) is 0.438. The monoisotopic (exact) mass is 317 g/mol. The standard InChI is InChI=1S/C16H20FN5O/c1-8(6-18)14-12-9(7-20-16(12)23)13(17)15(22-14)21-11-5-3-2-4-10(11)19/h6,10-11,18H,1-5,7,19H2,(H,20,23)(H,21,22)/t10-,11+/m0/s1. The Morgan fingerprint density at radius 2 is 2.22 bits per heavy atom. The van der Waals surface area contributed by atoms with Crippen molar-refractivity contribution in [3.8, 4) is 0 Å². The highest BCUT2D eigenvalue weighted by atomic mass is 19.1. The summed E-state index contributed by atoms with van der Waals surface area (Å²) in [5, 5.41) is 13.0. The third-order valence-electron chi connectivity index (χ3n) is 4.51. The number of hydrogen-bond acceptors (Lipinski definition) is 5. The molecule has 3 rings (SSSR count). The summed E-state index contributed by atoms with van der Waals surface area (Å²) in [5.41, 5.74) is 7.07. The summed E-state index contributed by atoms with van der Waals surface area (Å²) in [5.74, 6) is -0.830. The van der Waals surface area contributed by atoms with Crippen LogP contribution in [0.5, 0.6) is 0 Å². The number of nitrogens with one attached hydrogen (secondary N) is 3. The number of fused-ring (bicyclic) bond motifs is 1. The lowest BCUT2D eigenvalue weighted by molar-refractivity contribution is 0.0965. The zero-order chi connectivity index (χ0) is 16.6. The van der Waals surface area contributed by atoms with E-state index in [0.29, 0.717) is 0 Å². The second-order valence-corrected chi connectivity index (χ2v) is 6.03. The van der Waals surface area contributed by atoms with E-state index in [2.05, 4.69) is 22.2 Å². The van der Waals surface area contributed by atoms with E-state index < -0.39 is 5.82 Å². The topological polar surface area (TPSA) is 104 Å². The van der Waals surface area contributed by atoms with Crippen molar-refractivity contribution in [3.63, 3.8) is 0 Å². The van der Waals surface area contributed by atoms with Crippen molar-refractivity contribution in [1.29, 1.82) is 5.41 Å². The van der Waals surface area contributed by atoms with E-state index in [1.54, 1.807) is 0 Å². The van der Waals surface area contributed by atoms with Crippen molar-refractivity contribution in [1.82, 2.24) is 10.3 Å². The lowest BCUT2D eigenvalue weighted by Gasteiger charge is -2.30. The van der Waals surface area contributed by atoms with E-state index in [1.165, 1.54) is 0 Å². The number of nitrogens with zero attached hydrogens (tertiary/aromatic N) is 1. The SMILES string of the molecule is C=C(C=N)c1nc(N[C@@H]2CCCC[C@@H]2N)c(F)c2c1C(=O)NC2. The minimum Gasteiger partial charge on any atom is -0.363 e. The Balaban J connectivity index is 2.02. The van der Waals surface area contributed by atoms with E-state index in [9.17, 15) is 9.18 Å². The van der Waals surface area contributed by atoms with Gasteiger partial charge in [-0.3, -0.25) is 4.79 Å². The van der Waals surface area contributed by atoms with Crippen molar-refractivity contribution >= 4 is 23.5 Å². The van der Waals surface area contributed by atoms with Crippen LogP contribution >= 0.6 is 0 Å². The van der Waals surface area contributed by atoms with Gasteiger partial charge in [0.15, 0.2) is 11.6 Å². The average molecular weight is 317 g/mol. The van der Waals surface area contributed by atoms with E-state index in [0.717, 1.165) is 31.9 Å². The van der Waals surface area contributed by atoms with Crippen LogP contribution in [0, 0.1) is 11.2 Å². The molecule has 1 aliphatic heterocycles. The lowest BCUT2D eigenvalue weighted by atomic mass is 9.91. The van der Waals surface area contributed by atoms with Gasteiger partial charge in [0.1, 0.15) is 0 Å². The summed E-state index contributed by atoms with van der Waals surface area (Å²) in [6.07, 6.45) is 4.88. The minimum absolute atomic E-state index is 0.0463. The Kier molecular flexibility index (Phi) is 4.12. The summed E-state index contributed by atoms with van der Waals surface area (Å²) in [7, 11) is 0. The molecule has 1 aromatic heterocycles. The Hall–Kier alpha value is -2.28. The van der Waals surface area contributed by atoms with Gasteiger partial charge in [0.05, 0.1) is 11.3 Å². The largest absolute Gasteiger partial charge is 0.363 e. The first-order valence-corrected chi connectivity index (χ1v) is 7.75. The number of carbonyl (C=O) groups excluding carboxylic acids is 1. The van der Waals surface area contributed by atoms with Gasteiger partial charge in [0.25, 0.3) is 5.91 Å². The van der Waals surface area contributed by atoms with Crippen molar-refractivity contribution in [3.05, 3.63) is 29.2 Å². The molecule has 23 heavy (non-hydrogen) atoms. The second-order valence-electron chi connectivity index (χ2n) is 6.03. The van der Waals surface area contributed by atoms with Crippen LogP contribution in [0.1, 0.15) is 47.3 Å². The van der Waals surface area contributed by atoms with Crippen LogP contribution < -0.4 is 16.4 Å². The summed E-state index contributed by atoms with van der Waals surface area (Å²) >= 11 is 0. The van der Waals surface area contributed by atoms with Gasteiger partial charge in [-0.2, -0.15) is 0 Å². The van der Waals surface area contributed by atoms with Crippen LogP contribution in [-0.2, 0) is 6.54 Å². The molecule has 7 heteroatoms. The molecule has 122 valence electrons. The molecule has 2 atom stereocenters. The number of amides is 1. The third kappa shape index (κ3) is 2.72. The van der Waals surface area contributed by atoms with E-state index in [1.807, 2.05) is 0 Å². The molecule has 5 N–H and O–H groups in total.